The van der Waals surface area contributed by atoms with Crippen molar-refractivity contribution in [2.75, 3.05) is 0 Å². The third kappa shape index (κ3) is 1.94. The molecular formula is C12H7BrClN3. The van der Waals surface area contributed by atoms with Gasteiger partial charge in [0.05, 0.1) is 10.5 Å². The van der Waals surface area contributed by atoms with E-state index in [-0.39, 0.29) is 0 Å². The third-order valence-electron chi connectivity index (χ3n) is 2.44. The molecule has 0 amide bonds. The molecule has 0 atom stereocenters. The predicted molar refractivity (Wildman–Crippen MR) is 72.0 cm³/mol. The number of rotatable bonds is 1. The van der Waals surface area contributed by atoms with E-state index in [0.717, 1.165) is 21.4 Å². The molecule has 0 aliphatic rings. The molecule has 0 saturated heterocycles. The number of aromatic amines is 1. The summed E-state index contributed by atoms with van der Waals surface area (Å²) in [6.45, 7) is 0. The molecule has 0 fully saturated rings. The van der Waals surface area contributed by atoms with Gasteiger partial charge in [-0.25, -0.2) is 9.97 Å². The van der Waals surface area contributed by atoms with E-state index in [1.807, 2.05) is 30.3 Å². The largest absolute Gasteiger partial charge is 0.337 e. The summed E-state index contributed by atoms with van der Waals surface area (Å²) in [5, 5.41) is 0.651. The monoisotopic (exact) mass is 307 g/mol. The van der Waals surface area contributed by atoms with E-state index in [0.29, 0.717) is 10.7 Å². The van der Waals surface area contributed by atoms with Gasteiger partial charge in [-0.15, -0.1) is 0 Å². The zero-order valence-corrected chi connectivity index (χ0v) is 11.0. The van der Waals surface area contributed by atoms with Crippen LogP contribution in [0.3, 0.4) is 0 Å². The molecule has 0 bridgehead atoms. The smallest absolute Gasteiger partial charge is 0.178 e. The summed E-state index contributed by atoms with van der Waals surface area (Å²) in [7, 11) is 0. The zero-order valence-electron chi connectivity index (χ0n) is 8.61. The lowest BCUT2D eigenvalue weighted by Gasteiger charge is -2.00. The molecule has 0 aliphatic heterocycles. The van der Waals surface area contributed by atoms with Gasteiger partial charge < -0.3 is 4.98 Å². The Kier molecular flexibility index (Phi) is 2.61. The second-order valence-corrected chi connectivity index (χ2v) is 4.91. The Labute approximate surface area is 111 Å². The maximum absolute atomic E-state index is 6.18. The molecule has 3 nitrogen and oxygen atoms in total. The number of hydrogen-bond acceptors (Lipinski definition) is 2. The standard InChI is InChI=1S/C12H7BrClN3/c13-7-3-4-8(9(14)6-7)11-16-10-2-1-5-15-12(10)17-11/h1-6H,(H,15,16,17). The van der Waals surface area contributed by atoms with Crippen LogP contribution in [0, 0.1) is 0 Å². The lowest BCUT2D eigenvalue weighted by Crippen LogP contribution is -1.82. The number of H-pyrrole nitrogens is 1. The van der Waals surface area contributed by atoms with Gasteiger partial charge in [-0.05, 0) is 30.3 Å². The number of imidazole rings is 1. The first kappa shape index (κ1) is 10.7. The molecule has 0 unspecified atom stereocenters. The molecule has 2 aromatic heterocycles. The van der Waals surface area contributed by atoms with E-state index in [1.165, 1.54) is 0 Å². The van der Waals surface area contributed by atoms with Gasteiger partial charge in [0.2, 0.25) is 0 Å². The number of nitrogens with zero attached hydrogens (tertiary/aromatic N) is 2. The summed E-state index contributed by atoms with van der Waals surface area (Å²) in [5.74, 6) is 0.733. The molecule has 84 valence electrons. The van der Waals surface area contributed by atoms with Crippen molar-refractivity contribution in [3.8, 4) is 11.4 Å². The normalized spacial score (nSPS) is 10.9. The van der Waals surface area contributed by atoms with E-state index in [9.17, 15) is 0 Å². The minimum atomic E-state index is 0.651. The number of nitrogens with one attached hydrogen (secondary N) is 1. The third-order valence-corrected chi connectivity index (χ3v) is 3.25. The molecule has 0 radical (unpaired) electrons. The Morgan fingerprint density at radius 2 is 2.12 bits per heavy atom. The molecular weight excluding hydrogens is 302 g/mol. The highest BCUT2D eigenvalue weighted by molar-refractivity contribution is 9.10. The van der Waals surface area contributed by atoms with Crippen molar-refractivity contribution in [3.63, 3.8) is 0 Å². The maximum atomic E-state index is 6.18. The van der Waals surface area contributed by atoms with Crippen molar-refractivity contribution < 1.29 is 0 Å². The van der Waals surface area contributed by atoms with Crippen LogP contribution in [0.25, 0.3) is 22.6 Å². The first-order chi connectivity index (χ1) is 8.24. The second-order valence-electron chi connectivity index (χ2n) is 3.58. The first-order valence-corrected chi connectivity index (χ1v) is 6.17. The minimum absolute atomic E-state index is 0.651. The van der Waals surface area contributed by atoms with Crippen LogP contribution in [-0.4, -0.2) is 15.0 Å². The molecule has 2 heterocycles. The fourth-order valence-electron chi connectivity index (χ4n) is 1.65. The maximum Gasteiger partial charge on any atom is 0.178 e. The molecule has 1 aromatic carbocycles. The van der Waals surface area contributed by atoms with Gasteiger partial charge in [0.15, 0.2) is 5.65 Å². The number of pyridine rings is 1. The summed E-state index contributed by atoms with van der Waals surface area (Å²) < 4.78 is 0.945. The van der Waals surface area contributed by atoms with Gasteiger partial charge in [-0.1, -0.05) is 27.5 Å². The first-order valence-electron chi connectivity index (χ1n) is 5.00. The fourth-order valence-corrected chi connectivity index (χ4v) is 2.42. The Hall–Kier alpha value is -1.39. The van der Waals surface area contributed by atoms with E-state index >= 15 is 0 Å². The molecule has 5 heteroatoms. The topological polar surface area (TPSA) is 41.6 Å². The summed E-state index contributed by atoms with van der Waals surface area (Å²) in [6, 6.07) is 9.50. The van der Waals surface area contributed by atoms with Gasteiger partial charge in [-0.2, -0.15) is 0 Å². The molecule has 0 spiro atoms. The SMILES string of the molecule is Clc1cc(Br)ccc1-c1nc2ncccc2[nH]1. The summed E-state index contributed by atoms with van der Waals surface area (Å²) >= 11 is 9.56. The van der Waals surface area contributed by atoms with Gasteiger partial charge in [-0.3, -0.25) is 0 Å². The molecule has 0 aliphatic carbocycles. The van der Waals surface area contributed by atoms with Gasteiger partial charge in [0.1, 0.15) is 5.82 Å². The zero-order chi connectivity index (χ0) is 11.8. The van der Waals surface area contributed by atoms with Crippen molar-refractivity contribution in [1.82, 2.24) is 15.0 Å². The summed E-state index contributed by atoms with van der Waals surface area (Å²) in [6.07, 6.45) is 1.72. The van der Waals surface area contributed by atoms with Crippen molar-refractivity contribution >= 4 is 38.7 Å². The lowest BCUT2D eigenvalue weighted by atomic mass is 10.2. The predicted octanol–water partition coefficient (Wildman–Crippen LogP) is 4.04. The highest BCUT2D eigenvalue weighted by Crippen LogP contribution is 2.29. The van der Waals surface area contributed by atoms with Crippen LogP contribution in [0.2, 0.25) is 5.02 Å². The highest BCUT2D eigenvalue weighted by atomic mass is 79.9. The van der Waals surface area contributed by atoms with Crippen molar-refractivity contribution in [2.45, 2.75) is 0 Å². The van der Waals surface area contributed by atoms with E-state index < -0.39 is 0 Å². The molecule has 0 saturated carbocycles. The van der Waals surface area contributed by atoms with Crippen LogP contribution < -0.4 is 0 Å². The second kappa shape index (κ2) is 4.13. The van der Waals surface area contributed by atoms with E-state index in [4.69, 9.17) is 11.6 Å². The Morgan fingerprint density at radius 3 is 2.88 bits per heavy atom. The fraction of sp³-hybridized carbons (Fsp3) is 0. The van der Waals surface area contributed by atoms with Crippen LogP contribution >= 0.6 is 27.5 Å². The molecule has 17 heavy (non-hydrogen) atoms. The Morgan fingerprint density at radius 1 is 1.24 bits per heavy atom. The van der Waals surface area contributed by atoms with Gasteiger partial charge in [0.25, 0.3) is 0 Å². The van der Waals surface area contributed by atoms with Crippen LogP contribution in [0.15, 0.2) is 41.0 Å². The number of hydrogen-bond donors (Lipinski definition) is 1. The van der Waals surface area contributed by atoms with Crippen LogP contribution in [-0.2, 0) is 0 Å². The van der Waals surface area contributed by atoms with Crippen molar-refractivity contribution in [3.05, 3.63) is 46.0 Å². The van der Waals surface area contributed by atoms with Crippen LogP contribution in [0.1, 0.15) is 0 Å². The quantitative estimate of drug-likeness (QED) is 0.737. The molecule has 3 rings (SSSR count). The minimum Gasteiger partial charge on any atom is -0.337 e. The van der Waals surface area contributed by atoms with E-state index in [1.54, 1.807) is 6.20 Å². The number of aromatic nitrogens is 3. The molecule has 3 aromatic rings. The Bertz CT molecular complexity index is 660. The van der Waals surface area contributed by atoms with Crippen LogP contribution in [0.4, 0.5) is 0 Å². The van der Waals surface area contributed by atoms with Gasteiger partial charge >= 0.3 is 0 Å². The highest BCUT2D eigenvalue weighted by Gasteiger charge is 2.09. The van der Waals surface area contributed by atoms with E-state index in [2.05, 4.69) is 30.9 Å². The van der Waals surface area contributed by atoms with Crippen LogP contribution in [0.5, 0.6) is 0 Å². The number of halogens is 2. The Balaban J connectivity index is 2.20. The van der Waals surface area contributed by atoms with Crippen molar-refractivity contribution in [2.24, 2.45) is 0 Å². The van der Waals surface area contributed by atoms with Gasteiger partial charge in [0, 0.05) is 16.2 Å². The van der Waals surface area contributed by atoms with Crippen molar-refractivity contribution in [1.29, 1.82) is 0 Å². The summed E-state index contributed by atoms with van der Waals surface area (Å²) in [5.41, 5.74) is 2.47. The average molecular weight is 309 g/mol. The average Bonchev–Trinajstić information content (AvgIpc) is 2.72. The molecule has 1 N–H and O–H groups in total. The number of fused-ring (bicyclic) bond motifs is 1. The summed E-state index contributed by atoms with van der Waals surface area (Å²) in [4.78, 5) is 11.8. The lowest BCUT2D eigenvalue weighted by molar-refractivity contribution is 1.30. The number of benzene rings is 1.